The molecule has 0 radical (unpaired) electrons. The average Bonchev–Trinajstić information content (AvgIpc) is 2.39. The lowest BCUT2D eigenvalue weighted by molar-refractivity contribution is -0.384. The van der Waals surface area contributed by atoms with Gasteiger partial charge in [-0.05, 0) is 18.9 Å². The molecule has 0 unspecified atom stereocenters. The predicted molar refractivity (Wildman–Crippen MR) is 79.1 cm³/mol. The van der Waals surface area contributed by atoms with Crippen molar-refractivity contribution in [1.82, 2.24) is 0 Å². The molecular weight excluding hydrogens is 289 g/mol. The molecular formula is C12H17Cl2N3O2. The first-order chi connectivity index (χ1) is 8.89. The number of rotatable bonds is 6. The predicted octanol–water partition coefficient (Wildman–Crippen LogP) is 3.83. The molecule has 0 fully saturated rings. The van der Waals surface area contributed by atoms with E-state index in [1.54, 1.807) is 0 Å². The molecule has 1 aromatic rings. The Morgan fingerprint density at radius 3 is 2.26 bits per heavy atom. The SMILES string of the molecule is CCC(CC)(CN)Nc1cc(Cl)c(Cl)cc1[N+](=O)[O-]. The number of halogens is 2. The Morgan fingerprint density at radius 2 is 1.84 bits per heavy atom. The second-order valence-electron chi connectivity index (χ2n) is 4.36. The number of anilines is 1. The summed E-state index contributed by atoms with van der Waals surface area (Å²) in [5.41, 5.74) is 5.63. The minimum atomic E-state index is -0.489. The lowest BCUT2D eigenvalue weighted by Crippen LogP contribution is -2.44. The first-order valence-corrected chi connectivity index (χ1v) is 6.76. The summed E-state index contributed by atoms with van der Waals surface area (Å²) in [5.74, 6) is 0. The van der Waals surface area contributed by atoms with Crippen molar-refractivity contribution in [3.05, 3.63) is 32.3 Å². The Kier molecular flexibility index (Phi) is 5.40. The van der Waals surface area contributed by atoms with E-state index in [0.29, 0.717) is 12.2 Å². The summed E-state index contributed by atoms with van der Waals surface area (Å²) >= 11 is 11.7. The molecule has 0 saturated heterocycles. The van der Waals surface area contributed by atoms with E-state index >= 15 is 0 Å². The summed E-state index contributed by atoms with van der Waals surface area (Å²) in [6, 6.07) is 2.72. The summed E-state index contributed by atoms with van der Waals surface area (Å²) in [4.78, 5) is 10.6. The first-order valence-electron chi connectivity index (χ1n) is 6.00. The molecule has 1 aromatic carbocycles. The van der Waals surface area contributed by atoms with Gasteiger partial charge in [0.2, 0.25) is 0 Å². The van der Waals surface area contributed by atoms with Crippen molar-refractivity contribution < 1.29 is 4.92 Å². The van der Waals surface area contributed by atoms with Crippen LogP contribution in [0.15, 0.2) is 12.1 Å². The fourth-order valence-electron chi connectivity index (χ4n) is 1.84. The van der Waals surface area contributed by atoms with Crippen molar-refractivity contribution in [3.8, 4) is 0 Å². The van der Waals surface area contributed by atoms with Crippen LogP contribution in [0.4, 0.5) is 11.4 Å². The molecule has 0 aliphatic rings. The summed E-state index contributed by atoms with van der Waals surface area (Å²) in [6.07, 6.45) is 1.49. The summed E-state index contributed by atoms with van der Waals surface area (Å²) < 4.78 is 0. The molecule has 0 saturated carbocycles. The molecule has 0 aliphatic heterocycles. The number of nitro benzene ring substituents is 1. The van der Waals surface area contributed by atoms with Gasteiger partial charge in [0.25, 0.3) is 5.69 Å². The van der Waals surface area contributed by atoms with Crippen LogP contribution in [0.5, 0.6) is 0 Å². The summed E-state index contributed by atoms with van der Waals surface area (Å²) in [5, 5.41) is 14.6. The van der Waals surface area contributed by atoms with Crippen LogP contribution in [-0.2, 0) is 0 Å². The van der Waals surface area contributed by atoms with Gasteiger partial charge in [0, 0.05) is 18.2 Å². The van der Waals surface area contributed by atoms with Crippen molar-refractivity contribution in [1.29, 1.82) is 0 Å². The summed E-state index contributed by atoms with van der Waals surface area (Å²) in [6.45, 7) is 4.33. The lowest BCUT2D eigenvalue weighted by atomic mass is 9.92. The molecule has 106 valence electrons. The third-order valence-electron chi connectivity index (χ3n) is 3.38. The molecule has 0 amide bonds. The number of nitrogens with two attached hydrogens (primary N) is 1. The Balaban J connectivity index is 3.26. The average molecular weight is 306 g/mol. The number of nitro groups is 1. The highest BCUT2D eigenvalue weighted by Gasteiger charge is 2.28. The van der Waals surface area contributed by atoms with E-state index in [-0.39, 0.29) is 21.3 Å². The molecule has 19 heavy (non-hydrogen) atoms. The van der Waals surface area contributed by atoms with Gasteiger partial charge in [-0.1, -0.05) is 37.0 Å². The Hall–Kier alpha value is -1.04. The van der Waals surface area contributed by atoms with Gasteiger partial charge < -0.3 is 11.1 Å². The van der Waals surface area contributed by atoms with Gasteiger partial charge in [-0.25, -0.2) is 0 Å². The number of nitrogens with zero attached hydrogens (tertiary/aromatic N) is 1. The van der Waals surface area contributed by atoms with Crippen LogP contribution in [0.1, 0.15) is 26.7 Å². The van der Waals surface area contributed by atoms with Gasteiger partial charge in [-0.15, -0.1) is 0 Å². The Bertz CT molecular complexity index is 468. The molecule has 7 heteroatoms. The van der Waals surface area contributed by atoms with E-state index in [2.05, 4.69) is 5.32 Å². The van der Waals surface area contributed by atoms with E-state index in [1.165, 1.54) is 12.1 Å². The van der Waals surface area contributed by atoms with Crippen molar-refractivity contribution in [2.24, 2.45) is 5.73 Å². The molecule has 3 N–H and O–H groups in total. The Morgan fingerprint density at radius 1 is 1.32 bits per heavy atom. The molecule has 0 atom stereocenters. The van der Waals surface area contributed by atoms with Crippen LogP contribution in [0.3, 0.4) is 0 Å². The highest BCUT2D eigenvalue weighted by molar-refractivity contribution is 6.42. The molecule has 1 rings (SSSR count). The van der Waals surface area contributed by atoms with Gasteiger partial charge in [0.1, 0.15) is 5.69 Å². The zero-order valence-electron chi connectivity index (χ0n) is 10.9. The number of benzene rings is 1. The van der Waals surface area contributed by atoms with Gasteiger partial charge in [0.15, 0.2) is 0 Å². The number of hydrogen-bond donors (Lipinski definition) is 2. The molecule has 0 bridgehead atoms. The van der Waals surface area contributed by atoms with Crippen molar-refractivity contribution in [2.45, 2.75) is 32.2 Å². The third kappa shape index (κ3) is 3.49. The summed E-state index contributed by atoms with van der Waals surface area (Å²) in [7, 11) is 0. The highest BCUT2D eigenvalue weighted by Crippen LogP contribution is 2.36. The van der Waals surface area contributed by atoms with Gasteiger partial charge in [0.05, 0.1) is 15.0 Å². The quantitative estimate of drug-likeness (QED) is 0.618. The van der Waals surface area contributed by atoms with Gasteiger partial charge in [-0.3, -0.25) is 10.1 Å². The molecule has 0 aliphatic carbocycles. The standard InChI is InChI=1S/C12H17Cl2N3O2/c1-3-12(4-2,7-15)16-10-5-8(13)9(14)6-11(10)17(18)19/h5-6,16H,3-4,7,15H2,1-2H3. The van der Waals surface area contributed by atoms with Crippen molar-refractivity contribution in [3.63, 3.8) is 0 Å². The van der Waals surface area contributed by atoms with Crippen LogP contribution in [0.2, 0.25) is 10.0 Å². The maximum absolute atomic E-state index is 11.1. The maximum Gasteiger partial charge on any atom is 0.293 e. The fraction of sp³-hybridized carbons (Fsp3) is 0.500. The normalized spacial score (nSPS) is 11.4. The zero-order chi connectivity index (χ0) is 14.6. The van der Waals surface area contributed by atoms with Crippen LogP contribution in [0.25, 0.3) is 0 Å². The van der Waals surface area contributed by atoms with Crippen molar-refractivity contribution >= 4 is 34.6 Å². The molecule has 0 heterocycles. The van der Waals surface area contributed by atoms with Crippen LogP contribution < -0.4 is 11.1 Å². The second-order valence-corrected chi connectivity index (χ2v) is 5.17. The van der Waals surface area contributed by atoms with Crippen LogP contribution in [-0.4, -0.2) is 17.0 Å². The minimum Gasteiger partial charge on any atom is -0.373 e. The molecule has 0 aromatic heterocycles. The maximum atomic E-state index is 11.1. The van der Waals surface area contributed by atoms with Gasteiger partial charge in [-0.2, -0.15) is 0 Å². The monoisotopic (exact) mass is 305 g/mol. The molecule has 5 nitrogen and oxygen atoms in total. The number of nitrogens with one attached hydrogen (secondary N) is 1. The fourth-order valence-corrected chi connectivity index (χ4v) is 2.16. The molecule has 0 spiro atoms. The topological polar surface area (TPSA) is 81.2 Å². The van der Waals surface area contributed by atoms with Crippen LogP contribution >= 0.6 is 23.2 Å². The smallest absolute Gasteiger partial charge is 0.293 e. The van der Waals surface area contributed by atoms with E-state index in [4.69, 9.17) is 28.9 Å². The van der Waals surface area contributed by atoms with E-state index in [0.717, 1.165) is 12.8 Å². The highest BCUT2D eigenvalue weighted by atomic mass is 35.5. The Labute approximate surface area is 122 Å². The zero-order valence-corrected chi connectivity index (χ0v) is 12.4. The second kappa shape index (κ2) is 6.41. The van der Waals surface area contributed by atoms with E-state index < -0.39 is 4.92 Å². The van der Waals surface area contributed by atoms with Crippen LogP contribution in [0, 0.1) is 10.1 Å². The largest absolute Gasteiger partial charge is 0.373 e. The minimum absolute atomic E-state index is 0.103. The van der Waals surface area contributed by atoms with E-state index in [9.17, 15) is 10.1 Å². The first kappa shape index (κ1) is 16.0. The number of hydrogen-bond acceptors (Lipinski definition) is 4. The van der Waals surface area contributed by atoms with Gasteiger partial charge >= 0.3 is 0 Å². The van der Waals surface area contributed by atoms with E-state index in [1.807, 2.05) is 13.8 Å². The van der Waals surface area contributed by atoms with Crippen molar-refractivity contribution in [2.75, 3.05) is 11.9 Å². The third-order valence-corrected chi connectivity index (χ3v) is 4.10. The lowest BCUT2D eigenvalue weighted by Gasteiger charge is -2.32.